The molecule has 1 N–H and O–H groups in total. The van der Waals surface area contributed by atoms with Gasteiger partial charge in [-0.15, -0.1) is 11.8 Å². The maximum absolute atomic E-state index is 12.6. The number of carbonyl (C=O) groups excluding carboxylic acids is 2. The maximum atomic E-state index is 12.6. The van der Waals surface area contributed by atoms with Gasteiger partial charge in [-0.3, -0.25) is 9.59 Å². The predicted octanol–water partition coefficient (Wildman–Crippen LogP) is 5.00. The van der Waals surface area contributed by atoms with E-state index in [2.05, 4.69) is 55.3 Å². The summed E-state index contributed by atoms with van der Waals surface area (Å²) in [5.74, 6) is 0.879. The van der Waals surface area contributed by atoms with E-state index in [1.54, 1.807) is 23.9 Å². The molecule has 0 atom stereocenters. The molecule has 0 radical (unpaired) electrons. The van der Waals surface area contributed by atoms with E-state index in [9.17, 15) is 9.59 Å². The highest BCUT2D eigenvalue weighted by Crippen LogP contribution is 2.26. The Hall–Kier alpha value is -2.05. The van der Waals surface area contributed by atoms with E-state index >= 15 is 0 Å². The zero-order chi connectivity index (χ0) is 21.7. The molecular formula is C23H28ClN3O2S. The minimum Gasteiger partial charge on any atom is -0.342 e. The van der Waals surface area contributed by atoms with Gasteiger partial charge in [0.25, 0.3) is 0 Å². The summed E-state index contributed by atoms with van der Waals surface area (Å²) in [7, 11) is 0. The number of rotatable bonds is 5. The number of pyridine rings is 1. The largest absolute Gasteiger partial charge is 0.342 e. The van der Waals surface area contributed by atoms with Crippen LogP contribution < -0.4 is 5.32 Å². The van der Waals surface area contributed by atoms with Gasteiger partial charge in [0.1, 0.15) is 5.82 Å². The van der Waals surface area contributed by atoms with Gasteiger partial charge in [-0.25, -0.2) is 4.98 Å². The molecule has 1 fully saturated rings. The number of carbonyl (C=O) groups is 2. The number of halogens is 1. The lowest BCUT2D eigenvalue weighted by Gasteiger charge is -2.31. The predicted molar refractivity (Wildman–Crippen MR) is 123 cm³/mol. The number of thioether (sulfide) groups is 1. The SMILES string of the molecule is CC(C)(C)c1ccc(SCC(=O)N2CCC(C(=O)Nc3ccc(Cl)cn3)CC2)cc1. The van der Waals surface area contributed by atoms with E-state index < -0.39 is 0 Å². The van der Waals surface area contributed by atoms with Gasteiger partial charge in [0.05, 0.1) is 10.8 Å². The number of anilines is 1. The third-order valence-electron chi connectivity index (χ3n) is 5.28. The van der Waals surface area contributed by atoms with Gasteiger partial charge < -0.3 is 10.2 Å². The quantitative estimate of drug-likeness (QED) is 0.657. The molecule has 0 aliphatic carbocycles. The number of hydrogen-bond acceptors (Lipinski definition) is 4. The van der Waals surface area contributed by atoms with Crippen LogP contribution in [0.3, 0.4) is 0 Å². The zero-order valence-corrected chi connectivity index (χ0v) is 19.2. The lowest BCUT2D eigenvalue weighted by atomic mass is 9.87. The van der Waals surface area contributed by atoms with E-state index in [4.69, 9.17) is 11.6 Å². The van der Waals surface area contributed by atoms with Crippen molar-refractivity contribution in [2.45, 2.75) is 43.9 Å². The summed E-state index contributed by atoms with van der Waals surface area (Å²) in [4.78, 5) is 32.1. The van der Waals surface area contributed by atoms with Crippen molar-refractivity contribution < 1.29 is 9.59 Å². The molecule has 1 aromatic carbocycles. The molecule has 1 aromatic heterocycles. The summed E-state index contributed by atoms with van der Waals surface area (Å²) in [6.45, 7) is 7.78. The van der Waals surface area contributed by atoms with Crippen molar-refractivity contribution in [3.8, 4) is 0 Å². The average molecular weight is 446 g/mol. The molecule has 1 aliphatic rings. The van der Waals surface area contributed by atoms with Crippen LogP contribution in [0.1, 0.15) is 39.2 Å². The minimum atomic E-state index is -0.107. The summed E-state index contributed by atoms with van der Waals surface area (Å²) in [6.07, 6.45) is 2.83. The van der Waals surface area contributed by atoms with Crippen LogP contribution in [0.2, 0.25) is 5.02 Å². The number of nitrogens with zero attached hydrogens (tertiary/aromatic N) is 2. The lowest BCUT2D eigenvalue weighted by Crippen LogP contribution is -2.42. The Morgan fingerprint density at radius 3 is 2.37 bits per heavy atom. The summed E-state index contributed by atoms with van der Waals surface area (Å²) < 4.78 is 0. The molecule has 3 rings (SSSR count). The van der Waals surface area contributed by atoms with Crippen LogP contribution in [0.15, 0.2) is 47.5 Å². The highest BCUT2D eigenvalue weighted by Gasteiger charge is 2.27. The average Bonchev–Trinajstić information content (AvgIpc) is 2.73. The summed E-state index contributed by atoms with van der Waals surface area (Å²) in [5.41, 5.74) is 1.41. The standard InChI is InChI=1S/C23H28ClN3O2S/c1-23(2,3)17-4-7-19(8-5-17)30-15-21(28)27-12-10-16(11-13-27)22(29)26-20-9-6-18(24)14-25-20/h4-9,14,16H,10-13,15H2,1-3H3,(H,25,26,29). The first-order valence-electron chi connectivity index (χ1n) is 10.2. The van der Waals surface area contributed by atoms with Crippen LogP contribution in [-0.2, 0) is 15.0 Å². The van der Waals surface area contributed by atoms with E-state index in [0.717, 1.165) is 4.90 Å². The molecule has 0 bridgehead atoms. The molecule has 2 aromatic rings. The molecule has 30 heavy (non-hydrogen) atoms. The van der Waals surface area contributed by atoms with E-state index in [-0.39, 0.29) is 23.1 Å². The molecule has 5 nitrogen and oxygen atoms in total. The Labute approximate surface area is 187 Å². The summed E-state index contributed by atoms with van der Waals surface area (Å²) >= 11 is 7.38. The first kappa shape index (κ1) is 22.6. The van der Waals surface area contributed by atoms with Crippen molar-refractivity contribution in [1.82, 2.24) is 9.88 Å². The fourth-order valence-electron chi connectivity index (χ4n) is 3.36. The number of nitrogens with one attached hydrogen (secondary N) is 1. The smallest absolute Gasteiger partial charge is 0.232 e. The molecule has 1 aliphatic heterocycles. The maximum Gasteiger partial charge on any atom is 0.232 e. The number of amides is 2. The normalized spacial score (nSPS) is 15.1. The molecule has 160 valence electrons. The zero-order valence-electron chi connectivity index (χ0n) is 17.7. The molecule has 2 amide bonds. The van der Waals surface area contributed by atoms with Crippen molar-refractivity contribution in [2.24, 2.45) is 5.92 Å². The summed E-state index contributed by atoms with van der Waals surface area (Å²) in [5, 5.41) is 3.36. The topological polar surface area (TPSA) is 62.3 Å². The molecule has 2 heterocycles. The highest BCUT2D eigenvalue weighted by molar-refractivity contribution is 8.00. The van der Waals surface area contributed by atoms with Crippen molar-refractivity contribution in [3.63, 3.8) is 0 Å². The Morgan fingerprint density at radius 1 is 1.13 bits per heavy atom. The number of benzene rings is 1. The molecule has 7 heteroatoms. The molecule has 1 saturated heterocycles. The molecule has 0 unspecified atom stereocenters. The van der Waals surface area contributed by atoms with Crippen molar-refractivity contribution >= 4 is 41.0 Å². The molecular weight excluding hydrogens is 418 g/mol. The number of aromatic nitrogens is 1. The first-order valence-corrected chi connectivity index (χ1v) is 11.5. The minimum absolute atomic E-state index is 0.0507. The summed E-state index contributed by atoms with van der Waals surface area (Å²) in [6, 6.07) is 11.8. The van der Waals surface area contributed by atoms with Gasteiger partial charge in [-0.2, -0.15) is 0 Å². The van der Waals surface area contributed by atoms with Gasteiger partial charge in [0.15, 0.2) is 0 Å². The fraction of sp³-hybridized carbons (Fsp3) is 0.435. The van der Waals surface area contributed by atoms with Crippen LogP contribution in [-0.4, -0.2) is 40.5 Å². The van der Waals surface area contributed by atoms with Crippen molar-refractivity contribution in [1.29, 1.82) is 0 Å². The van der Waals surface area contributed by atoms with Crippen molar-refractivity contribution in [2.75, 3.05) is 24.2 Å². The Morgan fingerprint density at radius 2 is 1.80 bits per heavy atom. The second-order valence-corrected chi connectivity index (χ2v) is 10.1. The second kappa shape index (κ2) is 9.84. The first-order chi connectivity index (χ1) is 14.2. The van der Waals surface area contributed by atoms with Gasteiger partial charge in [-0.1, -0.05) is 44.5 Å². The van der Waals surface area contributed by atoms with Gasteiger partial charge in [-0.05, 0) is 48.1 Å². The van der Waals surface area contributed by atoms with E-state index in [0.29, 0.717) is 42.5 Å². The van der Waals surface area contributed by atoms with Crippen LogP contribution >= 0.6 is 23.4 Å². The van der Waals surface area contributed by atoms with E-state index in [1.807, 2.05) is 4.90 Å². The monoisotopic (exact) mass is 445 g/mol. The van der Waals surface area contributed by atoms with Crippen LogP contribution in [0.4, 0.5) is 5.82 Å². The third-order valence-corrected chi connectivity index (χ3v) is 6.50. The Balaban J connectivity index is 1.43. The second-order valence-electron chi connectivity index (χ2n) is 8.57. The molecule has 0 spiro atoms. The van der Waals surface area contributed by atoms with Gasteiger partial charge in [0, 0.05) is 30.1 Å². The Bertz CT molecular complexity index is 871. The number of piperidine rings is 1. The lowest BCUT2D eigenvalue weighted by molar-refractivity contribution is -0.132. The van der Waals surface area contributed by atoms with Crippen LogP contribution in [0, 0.1) is 5.92 Å². The fourth-order valence-corrected chi connectivity index (χ4v) is 4.27. The number of likely N-dealkylation sites (tertiary alicyclic amines) is 1. The molecule has 0 saturated carbocycles. The Kier molecular flexibility index (Phi) is 7.42. The highest BCUT2D eigenvalue weighted by atomic mass is 35.5. The van der Waals surface area contributed by atoms with E-state index in [1.165, 1.54) is 11.8 Å². The number of hydrogen-bond donors (Lipinski definition) is 1. The third kappa shape index (κ3) is 6.22. The van der Waals surface area contributed by atoms with Crippen LogP contribution in [0.25, 0.3) is 0 Å². The van der Waals surface area contributed by atoms with Gasteiger partial charge >= 0.3 is 0 Å². The van der Waals surface area contributed by atoms with Crippen LogP contribution in [0.5, 0.6) is 0 Å². The van der Waals surface area contributed by atoms with Gasteiger partial charge in [0.2, 0.25) is 11.8 Å². The van der Waals surface area contributed by atoms with Crippen molar-refractivity contribution in [3.05, 3.63) is 53.2 Å².